The number of amides is 1. The Labute approximate surface area is 144 Å². The Bertz CT molecular complexity index is 804. The highest BCUT2D eigenvalue weighted by molar-refractivity contribution is 5.77. The molecular weight excluding hydrogens is 325 g/mol. The first-order valence-corrected chi connectivity index (χ1v) is 8.22. The van der Waals surface area contributed by atoms with Gasteiger partial charge in [-0.2, -0.15) is 0 Å². The Morgan fingerprint density at radius 1 is 1.40 bits per heavy atom. The number of aromatic amines is 1. The van der Waals surface area contributed by atoms with Crippen molar-refractivity contribution in [2.24, 2.45) is 0 Å². The largest absolute Gasteiger partial charge is 0.377 e. The number of ether oxygens (including phenoxy) is 1. The van der Waals surface area contributed by atoms with E-state index in [2.05, 4.69) is 9.97 Å². The third-order valence-electron chi connectivity index (χ3n) is 4.21. The second-order valence-electron chi connectivity index (χ2n) is 6.06. The number of H-pyrrole nitrogens is 1. The van der Waals surface area contributed by atoms with Crippen LogP contribution >= 0.6 is 0 Å². The van der Waals surface area contributed by atoms with Gasteiger partial charge in [-0.3, -0.25) is 9.59 Å². The Balaban J connectivity index is 1.72. The van der Waals surface area contributed by atoms with Gasteiger partial charge >= 0.3 is 0 Å². The van der Waals surface area contributed by atoms with E-state index in [4.69, 9.17) is 4.74 Å². The van der Waals surface area contributed by atoms with Gasteiger partial charge in [0, 0.05) is 19.0 Å². The van der Waals surface area contributed by atoms with Crippen LogP contribution in [-0.2, 0) is 16.0 Å². The maximum absolute atomic E-state index is 13.0. The first kappa shape index (κ1) is 17.3. The van der Waals surface area contributed by atoms with Crippen molar-refractivity contribution < 1.29 is 13.9 Å². The standard InChI is InChI=1S/C18H20FN3O3/c1-12-20-15(10-17(23)21-12)16-11-25-9-8-22(16)18(24)7-4-13-2-5-14(19)6-3-13/h2-3,5-6,10,16H,4,7-9,11H2,1H3,(H,20,21,23). The highest BCUT2D eigenvalue weighted by Gasteiger charge is 2.29. The van der Waals surface area contributed by atoms with Crippen LogP contribution in [0.5, 0.6) is 0 Å². The molecule has 1 fully saturated rings. The van der Waals surface area contributed by atoms with Crippen LogP contribution in [0.25, 0.3) is 0 Å². The van der Waals surface area contributed by atoms with Crippen LogP contribution in [0.3, 0.4) is 0 Å². The average Bonchev–Trinajstić information content (AvgIpc) is 2.60. The first-order valence-electron chi connectivity index (χ1n) is 8.22. The Morgan fingerprint density at radius 3 is 2.88 bits per heavy atom. The number of benzene rings is 1. The second-order valence-corrected chi connectivity index (χ2v) is 6.06. The lowest BCUT2D eigenvalue weighted by Crippen LogP contribution is -2.44. The van der Waals surface area contributed by atoms with Gasteiger partial charge in [-0.15, -0.1) is 0 Å². The third-order valence-corrected chi connectivity index (χ3v) is 4.21. The fraction of sp³-hybridized carbons (Fsp3) is 0.389. The van der Waals surface area contributed by atoms with Gasteiger partial charge in [-0.05, 0) is 31.0 Å². The van der Waals surface area contributed by atoms with Crippen LogP contribution in [0.1, 0.15) is 29.5 Å². The molecule has 7 heteroatoms. The molecule has 1 atom stereocenters. The molecule has 3 rings (SSSR count). The van der Waals surface area contributed by atoms with Crippen LogP contribution in [0.15, 0.2) is 35.1 Å². The molecule has 1 aliphatic rings. The number of aromatic nitrogens is 2. The van der Waals surface area contributed by atoms with Gasteiger partial charge in [0.2, 0.25) is 5.91 Å². The maximum Gasteiger partial charge on any atom is 0.251 e. The molecule has 1 N–H and O–H groups in total. The molecular formula is C18H20FN3O3. The van der Waals surface area contributed by atoms with Gasteiger partial charge in [0.15, 0.2) is 0 Å². The van der Waals surface area contributed by atoms with Crippen molar-refractivity contribution in [3.05, 3.63) is 63.6 Å². The van der Waals surface area contributed by atoms with Crippen LogP contribution in [0.4, 0.5) is 4.39 Å². The average molecular weight is 345 g/mol. The molecule has 0 bridgehead atoms. The number of nitrogens with zero attached hydrogens (tertiary/aromatic N) is 2. The number of rotatable bonds is 4. The SMILES string of the molecule is Cc1nc(C2COCCN2C(=O)CCc2ccc(F)cc2)cc(=O)[nH]1. The first-order chi connectivity index (χ1) is 12.0. The van der Waals surface area contributed by atoms with Crippen LogP contribution in [0.2, 0.25) is 0 Å². The minimum absolute atomic E-state index is 0.0302. The molecule has 132 valence electrons. The zero-order valence-corrected chi connectivity index (χ0v) is 14.0. The Kier molecular flexibility index (Phi) is 5.23. The molecule has 1 aromatic heterocycles. The van der Waals surface area contributed by atoms with E-state index in [1.54, 1.807) is 24.0 Å². The molecule has 2 heterocycles. The summed E-state index contributed by atoms with van der Waals surface area (Å²) in [5.74, 6) is 0.184. The monoisotopic (exact) mass is 345 g/mol. The predicted octanol–water partition coefficient (Wildman–Crippen LogP) is 1.75. The van der Waals surface area contributed by atoms with E-state index in [9.17, 15) is 14.0 Å². The quantitative estimate of drug-likeness (QED) is 0.916. The summed E-state index contributed by atoms with van der Waals surface area (Å²) >= 11 is 0. The summed E-state index contributed by atoms with van der Waals surface area (Å²) in [5, 5.41) is 0. The smallest absolute Gasteiger partial charge is 0.251 e. The number of carbonyl (C=O) groups is 1. The highest BCUT2D eigenvalue weighted by Crippen LogP contribution is 2.23. The number of carbonyl (C=O) groups excluding carboxylic acids is 1. The molecule has 0 radical (unpaired) electrons. The Morgan fingerprint density at radius 2 is 2.16 bits per heavy atom. The van der Waals surface area contributed by atoms with E-state index in [0.29, 0.717) is 44.1 Å². The number of halogens is 1. The van der Waals surface area contributed by atoms with E-state index in [1.165, 1.54) is 18.2 Å². The normalized spacial score (nSPS) is 17.5. The molecule has 1 aromatic carbocycles. The summed E-state index contributed by atoms with van der Waals surface area (Å²) in [5.41, 5.74) is 1.20. The van der Waals surface area contributed by atoms with Crippen molar-refractivity contribution in [3.63, 3.8) is 0 Å². The van der Waals surface area contributed by atoms with E-state index in [1.807, 2.05) is 0 Å². The molecule has 0 aliphatic carbocycles. The maximum atomic E-state index is 13.0. The van der Waals surface area contributed by atoms with Crippen LogP contribution in [0, 0.1) is 12.7 Å². The number of nitrogens with one attached hydrogen (secondary N) is 1. The van der Waals surface area contributed by atoms with E-state index in [0.717, 1.165) is 5.56 Å². The lowest BCUT2D eigenvalue weighted by atomic mass is 10.1. The van der Waals surface area contributed by atoms with Crippen molar-refractivity contribution in [3.8, 4) is 0 Å². The van der Waals surface area contributed by atoms with Crippen molar-refractivity contribution >= 4 is 5.91 Å². The van der Waals surface area contributed by atoms with Crippen LogP contribution < -0.4 is 5.56 Å². The van der Waals surface area contributed by atoms with Gasteiger partial charge in [0.25, 0.3) is 5.56 Å². The van der Waals surface area contributed by atoms with Gasteiger partial charge in [0.1, 0.15) is 11.6 Å². The summed E-state index contributed by atoms with van der Waals surface area (Å²) < 4.78 is 18.4. The summed E-state index contributed by atoms with van der Waals surface area (Å²) in [6, 6.07) is 7.19. The molecule has 0 spiro atoms. The van der Waals surface area contributed by atoms with Crippen molar-refractivity contribution in [1.29, 1.82) is 0 Å². The Hall–Kier alpha value is -2.54. The minimum Gasteiger partial charge on any atom is -0.377 e. The molecule has 1 unspecified atom stereocenters. The number of morpholine rings is 1. The van der Waals surface area contributed by atoms with Gasteiger partial charge in [-0.1, -0.05) is 12.1 Å². The summed E-state index contributed by atoms with van der Waals surface area (Å²) in [7, 11) is 0. The minimum atomic E-state index is -0.365. The van der Waals surface area contributed by atoms with Crippen molar-refractivity contribution in [2.45, 2.75) is 25.8 Å². The topological polar surface area (TPSA) is 75.3 Å². The fourth-order valence-corrected chi connectivity index (χ4v) is 2.97. The fourth-order valence-electron chi connectivity index (χ4n) is 2.97. The molecule has 1 amide bonds. The molecule has 25 heavy (non-hydrogen) atoms. The van der Waals surface area contributed by atoms with Gasteiger partial charge in [0.05, 0.1) is 24.9 Å². The second kappa shape index (κ2) is 7.57. The van der Waals surface area contributed by atoms with Crippen LogP contribution in [-0.4, -0.2) is 40.5 Å². The molecule has 6 nitrogen and oxygen atoms in total. The molecule has 1 saturated heterocycles. The van der Waals surface area contributed by atoms with E-state index in [-0.39, 0.29) is 23.3 Å². The third kappa shape index (κ3) is 4.30. The summed E-state index contributed by atoms with van der Waals surface area (Å²) in [6.07, 6.45) is 0.843. The highest BCUT2D eigenvalue weighted by atomic mass is 19.1. The number of aryl methyl sites for hydroxylation is 2. The molecule has 1 aliphatic heterocycles. The van der Waals surface area contributed by atoms with Gasteiger partial charge < -0.3 is 14.6 Å². The zero-order valence-electron chi connectivity index (χ0n) is 14.0. The van der Waals surface area contributed by atoms with E-state index < -0.39 is 0 Å². The van der Waals surface area contributed by atoms with Gasteiger partial charge in [-0.25, -0.2) is 9.37 Å². The lowest BCUT2D eigenvalue weighted by molar-refractivity contribution is -0.140. The van der Waals surface area contributed by atoms with E-state index >= 15 is 0 Å². The predicted molar refractivity (Wildman–Crippen MR) is 89.6 cm³/mol. The lowest BCUT2D eigenvalue weighted by Gasteiger charge is -2.35. The molecule has 0 saturated carbocycles. The summed E-state index contributed by atoms with van der Waals surface area (Å²) in [6.45, 7) is 2.94. The molecule has 2 aromatic rings. The van der Waals surface area contributed by atoms with Crippen molar-refractivity contribution in [1.82, 2.24) is 14.9 Å². The number of hydrogen-bond acceptors (Lipinski definition) is 4. The zero-order chi connectivity index (χ0) is 17.8. The number of hydrogen-bond donors (Lipinski definition) is 1. The van der Waals surface area contributed by atoms with Crippen molar-refractivity contribution in [2.75, 3.05) is 19.8 Å². The summed E-state index contributed by atoms with van der Waals surface area (Å²) in [4.78, 5) is 33.0.